The summed E-state index contributed by atoms with van der Waals surface area (Å²) in [5.74, 6) is 0.640. The van der Waals surface area contributed by atoms with Crippen LogP contribution in [0.5, 0.6) is 0 Å². The number of amides is 2. The van der Waals surface area contributed by atoms with E-state index in [1.807, 2.05) is 42.8 Å². The normalized spacial score (nSPS) is 14.9. The number of hydrogen-bond acceptors (Lipinski definition) is 5. The minimum atomic E-state index is -0.309. The fraction of sp³-hybridized carbons (Fsp3) is 0.364. The molecule has 0 radical (unpaired) electrons. The number of carbonyl (C=O) groups excluding carboxylic acids is 1. The van der Waals surface area contributed by atoms with E-state index in [9.17, 15) is 10.0 Å². The Morgan fingerprint density at radius 1 is 1.30 bits per heavy atom. The van der Waals surface area contributed by atoms with E-state index in [1.54, 1.807) is 12.4 Å². The average Bonchev–Trinajstić information content (AvgIpc) is 3.38. The molecule has 0 spiro atoms. The maximum atomic E-state index is 12.1. The lowest BCUT2D eigenvalue weighted by molar-refractivity contribution is 0.252. The van der Waals surface area contributed by atoms with Gasteiger partial charge in [-0.15, -0.1) is 0 Å². The molecule has 0 unspecified atom stereocenters. The molecule has 1 aliphatic carbocycles. The highest BCUT2D eigenvalue weighted by molar-refractivity contribution is 6.12. The van der Waals surface area contributed by atoms with Gasteiger partial charge in [-0.2, -0.15) is 0 Å². The predicted molar refractivity (Wildman–Crippen MR) is 117 cm³/mol. The number of imidazole rings is 1. The van der Waals surface area contributed by atoms with E-state index in [2.05, 4.69) is 25.8 Å². The number of carbonyl (C=O) groups is 1. The molecule has 3 aromatic rings. The molecular weight excluding hydrogens is 380 g/mol. The van der Waals surface area contributed by atoms with Gasteiger partial charge in [0, 0.05) is 43.0 Å². The van der Waals surface area contributed by atoms with Gasteiger partial charge in [-0.05, 0) is 43.5 Å². The molecule has 2 aromatic heterocycles. The Bertz CT molecular complexity index is 1080. The van der Waals surface area contributed by atoms with Crippen LogP contribution in [0.15, 0.2) is 41.8 Å². The topological polar surface area (TPSA) is 104 Å². The number of aryl methyl sites for hydroxylation is 1. The van der Waals surface area contributed by atoms with Crippen LogP contribution in [-0.2, 0) is 7.05 Å². The minimum Gasteiger partial charge on any atom is -0.411 e. The first kappa shape index (κ1) is 19.9. The number of nitrogens with zero attached hydrogens (tertiary/aromatic N) is 4. The van der Waals surface area contributed by atoms with Gasteiger partial charge in [0.05, 0.1) is 16.7 Å². The summed E-state index contributed by atoms with van der Waals surface area (Å²) >= 11 is 0. The van der Waals surface area contributed by atoms with Gasteiger partial charge in [0.15, 0.2) is 0 Å². The largest absolute Gasteiger partial charge is 0.411 e. The molecule has 0 aliphatic heterocycles. The second-order valence-electron chi connectivity index (χ2n) is 7.58. The Hall–Kier alpha value is -3.42. The number of oxime groups is 1. The van der Waals surface area contributed by atoms with Crippen LogP contribution >= 0.6 is 0 Å². The van der Waals surface area contributed by atoms with Gasteiger partial charge in [0.1, 0.15) is 0 Å². The van der Waals surface area contributed by atoms with Crippen LogP contribution in [0.25, 0.3) is 22.2 Å². The van der Waals surface area contributed by atoms with E-state index in [0.29, 0.717) is 18.2 Å². The lowest BCUT2D eigenvalue weighted by atomic mass is 9.92. The fourth-order valence-corrected chi connectivity index (χ4v) is 4.22. The van der Waals surface area contributed by atoms with Gasteiger partial charge in [0.2, 0.25) is 5.95 Å². The van der Waals surface area contributed by atoms with Crippen LogP contribution in [-0.4, -0.2) is 38.0 Å². The van der Waals surface area contributed by atoms with Crippen molar-refractivity contribution in [3.63, 3.8) is 0 Å². The van der Waals surface area contributed by atoms with E-state index in [4.69, 9.17) is 0 Å². The van der Waals surface area contributed by atoms with Crippen molar-refractivity contribution >= 4 is 28.7 Å². The zero-order valence-electron chi connectivity index (χ0n) is 17.2. The molecule has 1 aromatic carbocycles. The summed E-state index contributed by atoms with van der Waals surface area (Å²) in [4.78, 5) is 21.0. The SMILES string of the molecule is CCNC(=O)Nc1nc2cc(-c3cccnc3)cc(/C(=N/O)C3CCCC3)c2n1C. The molecule has 0 saturated heterocycles. The van der Waals surface area contributed by atoms with Crippen LogP contribution in [0.1, 0.15) is 38.2 Å². The number of benzene rings is 1. The smallest absolute Gasteiger partial charge is 0.321 e. The molecule has 30 heavy (non-hydrogen) atoms. The quantitative estimate of drug-likeness (QED) is 0.336. The molecule has 8 heteroatoms. The summed E-state index contributed by atoms with van der Waals surface area (Å²) in [7, 11) is 1.85. The summed E-state index contributed by atoms with van der Waals surface area (Å²) in [5.41, 5.74) is 4.95. The molecule has 4 rings (SSSR count). The molecular formula is C22H26N6O2. The molecule has 1 aliphatic rings. The van der Waals surface area contributed by atoms with E-state index in [-0.39, 0.29) is 11.9 Å². The molecule has 0 bridgehead atoms. The van der Waals surface area contributed by atoms with Crippen molar-refractivity contribution in [3.05, 3.63) is 42.2 Å². The monoisotopic (exact) mass is 406 g/mol. The number of rotatable bonds is 5. The maximum absolute atomic E-state index is 12.1. The van der Waals surface area contributed by atoms with Crippen LogP contribution in [0.4, 0.5) is 10.7 Å². The van der Waals surface area contributed by atoms with Crippen molar-refractivity contribution < 1.29 is 10.0 Å². The molecule has 0 atom stereocenters. The van der Waals surface area contributed by atoms with Crippen molar-refractivity contribution in [1.82, 2.24) is 19.9 Å². The van der Waals surface area contributed by atoms with Crippen LogP contribution in [0, 0.1) is 5.92 Å². The second-order valence-corrected chi connectivity index (χ2v) is 7.58. The summed E-state index contributed by atoms with van der Waals surface area (Å²) in [6.45, 7) is 2.38. The van der Waals surface area contributed by atoms with Gasteiger partial charge < -0.3 is 15.1 Å². The van der Waals surface area contributed by atoms with Crippen molar-refractivity contribution in [2.45, 2.75) is 32.6 Å². The molecule has 2 heterocycles. The first-order chi connectivity index (χ1) is 14.6. The Kier molecular flexibility index (Phi) is 5.65. The summed E-state index contributed by atoms with van der Waals surface area (Å²) in [6, 6.07) is 7.57. The fourth-order valence-electron chi connectivity index (χ4n) is 4.22. The van der Waals surface area contributed by atoms with Crippen LogP contribution < -0.4 is 10.6 Å². The van der Waals surface area contributed by atoms with Crippen molar-refractivity contribution in [2.75, 3.05) is 11.9 Å². The highest BCUT2D eigenvalue weighted by Gasteiger charge is 2.27. The van der Waals surface area contributed by atoms with Gasteiger partial charge in [-0.1, -0.05) is 24.1 Å². The Morgan fingerprint density at radius 2 is 2.10 bits per heavy atom. The van der Waals surface area contributed by atoms with Crippen molar-refractivity contribution in [1.29, 1.82) is 0 Å². The highest BCUT2D eigenvalue weighted by atomic mass is 16.4. The lowest BCUT2D eigenvalue weighted by Gasteiger charge is -2.15. The molecule has 1 saturated carbocycles. The molecule has 3 N–H and O–H groups in total. The first-order valence-corrected chi connectivity index (χ1v) is 10.3. The number of anilines is 1. The number of hydrogen-bond donors (Lipinski definition) is 3. The van der Waals surface area contributed by atoms with Crippen molar-refractivity contribution in [2.24, 2.45) is 18.1 Å². The third kappa shape index (κ3) is 3.72. The lowest BCUT2D eigenvalue weighted by Crippen LogP contribution is -2.29. The highest BCUT2D eigenvalue weighted by Crippen LogP contribution is 2.34. The summed E-state index contributed by atoms with van der Waals surface area (Å²) < 4.78 is 1.84. The number of fused-ring (bicyclic) bond motifs is 1. The van der Waals surface area contributed by atoms with Crippen molar-refractivity contribution in [3.8, 4) is 11.1 Å². The Labute approximate surface area is 175 Å². The number of urea groups is 1. The minimum absolute atomic E-state index is 0.206. The van der Waals surface area contributed by atoms with Gasteiger partial charge >= 0.3 is 6.03 Å². The molecule has 8 nitrogen and oxygen atoms in total. The van der Waals surface area contributed by atoms with Crippen LogP contribution in [0.2, 0.25) is 0 Å². The van der Waals surface area contributed by atoms with E-state index < -0.39 is 0 Å². The third-order valence-electron chi connectivity index (χ3n) is 5.65. The summed E-state index contributed by atoms with van der Waals surface area (Å²) in [6.07, 6.45) is 7.79. The first-order valence-electron chi connectivity index (χ1n) is 10.3. The Morgan fingerprint density at radius 3 is 2.77 bits per heavy atom. The van der Waals surface area contributed by atoms with E-state index >= 15 is 0 Å². The standard InChI is InChI=1S/C22H26N6O2/c1-3-24-22(29)26-21-25-18-12-16(15-9-6-10-23-13-15)11-17(20(18)28(21)2)19(27-30)14-7-4-5-8-14/h6,9-14,30H,3-5,7-8H2,1-2H3,(H2,24,25,26,29)/b27-19+. The Balaban J connectivity index is 1.89. The predicted octanol–water partition coefficient (Wildman–Crippen LogP) is 4.15. The molecule has 1 fully saturated rings. The number of aromatic nitrogens is 3. The number of nitrogens with one attached hydrogen (secondary N) is 2. The zero-order valence-corrected chi connectivity index (χ0v) is 17.2. The maximum Gasteiger partial charge on any atom is 0.321 e. The molecule has 156 valence electrons. The van der Waals surface area contributed by atoms with E-state index in [1.165, 1.54) is 0 Å². The van der Waals surface area contributed by atoms with Gasteiger partial charge in [-0.25, -0.2) is 9.78 Å². The number of pyridine rings is 1. The third-order valence-corrected chi connectivity index (χ3v) is 5.65. The summed E-state index contributed by atoms with van der Waals surface area (Å²) in [5, 5.41) is 19.2. The van der Waals surface area contributed by atoms with Crippen LogP contribution in [0.3, 0.4) is 0 Å². The van der Waals surface area contributed by atoms with Gasteiger partial charge in [0.25, 0.3) is 0 Å². The average molecular weight is 406 g/mol. The van der Waals surface area contributed by atoms with Gasteiger partial charge in [-0.3, -0.25) is 10.3 Å². The molecule has 2 amide bonds. The van der Waals surface area contributed by atoms with E-state index in [0.717, 1.165) is 53.4 Å². The zero-order chi connectivity index (χ0) is 21.1. The second kappa shape index (κ2) is 8.52.